The molecule has 0 fully saturated rings. The normalized spacial score (nSPS) is 11.7. The number of amides is 1. The molecule has 0 saturated carbocycles. The predicted molar refractivity (Wildman–Crippen MR) is 103 cm³/mol. The lowest BCUT2D eigenvalue weighted by molar-refractivity contribution is -0.142. The van der Waals surface area contributed by atoms with Gasteiger partial charge in [0.1, 0.15) is 0 Å². The smallest absolute Gasteiger partial charge is 0.343 e. The van der Waals surface area contributed by atoms with Gasteiger partial charge in [-0.3, -0.25) is 4.79 Å². The number of aliphatic hydroxyl groups is 1. The average molecular weight is 407 g/mol. The molecule has 0 unspecified atom stereocenters. The van der Waals surface area contributed by atoms with Crippen LogP contribution in [0.3, 0.4) is 0 Å². The summed E-state index contributed by atoms with van der Waals surface area (Å²) in [4.78, 5) is 23.2. The fraction of sp³-hybridized carbons (Fsp3) is 0.211. The zero-order valence-electron chi connectivity index (χ0n) is 15.2. The van der Waals surface area contributed by atoms with E-state index < -0.39 is 18.0 Å². The number of rotatable bonds is 8. The Hall–Kier alpha value is -3.10. The van der Waals surface area contributed by atoms with E-state index in [0.29, 0.717) is 11.1 Å². The summed E-state index contributed by atoms with van der Waals surface area (Å²) in [5.74, 6) is -0.800. The summed E-state index contributed by atoms with van der Waals surface area (Å²) in [6.07, 6.45) is -0.0146. The minimum atomic E-state index is -1.34. The van der Waals surface area contributed by atoms with Crippen molar-refractivity contribution in [2.75, 3.05) is 20.8 Å². The highest BCUT2D eigenvalue weighted by atomic mass is 35.5. The number of benzene rings is 2. The molecule has 2 rings (SSSR count). The predicted octanol–water partition coefficient (Wildman–Crippen LogP) is 2.08. The molecule has 0 bridgehead atoms. The van der Waals surface area contributed by atoms with Crippen molar-refractivity contribution in [3.05, 3.63) is 58.6 Å². The van der Waals surface area contributed by atoms with Crippen LogP contribution in [-0.2, 0) is 14.3 Å². The third-order valence-electron chi connectivity index (χ3n) is 3.57. The Morgan fingerprint density at radius 2 is 1.96 bits per heavy atom. The minimum Gasteiger partial charge on any atom is -0.493 e. The fourth-order valence-electron chi connectivity index (χ4n) is 2.16. The maximum Gasteiger partial charge on any atom is 0.343 e. The van der Waals surface area contributed by atoms with E-state index in [1.165, 1.54) is 26.5 Å². The van der Waals surface area contributed by atoms with E-state index in [0.717, 1.165) is 0 Å². The summed E-state index contributed by atoms with van der Waals surface area (Å²) in [5, 5.41) is 14.0. The highest BCUT2D eigenvalue weighted by molar-refractivity contribution is 6.32. The molecule has 1 atom stereocenters. The molecule has 0 spiro atoms. The number of hydrazone groups is 1. The molecule has 148 valence electrons. The Bertz CT molecular complexity index is 857. The molecule has 2 N–H and O–H groups in total. The van der Waals surface area contributed by atoms with Crippen molar-refractivity contribution in [3.63, 3.8) is 0 Å². The van der Waals surface area contributed by atoms with Gasteiger partial charge in [0.15, 0.2) is 24.2 Å². The third kappa shape index (κ3) is 5.70. The van der Waals surface area contributed by atoms with Crippen LogP contribution in [0, 0.1) is 0 Å². The van der Waals surface area contributed by atoms with E-state index >= 15 is 0 Å². The van der Waals surface area contributed by atoms with E-state index in [9.17, 15) is 14.7 Å². The highest BCUT2D eigenvalue weighted by Crippen LogP contribution is 2.36. The summed E-state index contributed by atoms with van der Waals surface area (Å²) >= 11 is 6.17. The highest BCUT2D eigenvalue weighted by Gasteiger charge is 2.16. The first-order valence-corrected chi connectivity index (χ1v) is 8.47. The van der Waals surface area contributed by atoms with Gasteiger partial charge in [0, 0.05) is 0 Å². The van der Waals surface area contributed by atoms with Crippen LogP contribution in [0.2, 0.25) is 5.02 Å². The second kappa shape index (κ2) is 10.3. The largest absolute Gasteiger partial charge is 0.493 e. The topological polar surface area (TPSA) is 106 Å². The van der Waals surface area contributed by atoms with E-state index in [1.54, 1.807) is 36.4 Å². The van der Waals surface area contributed by atoms with Crippen LogP contribution >= 0.6 is 11.6 Å². The number of ether oxygens (including phenoxy) is 3. The Labute approximate surface area is 166 Å². The minimum absolute atomic E-state index is 0.176. The van der Waals surface area contributed by atoms with Crippen molar-refractivity contribution >= 4 is 29.7 Å². The number of hydrogen-bond donors (Lipinski definition) is 2. The third-order valence-corrected chi connectivity index (χ3v) is 3.85. The monoisotopic (exact) mass is 406 g/mol. The lowest BCUT2D eigenvalue weighted by atomic mass is 10.1. The quantitative estimate of drug-likeness (QED) is 0.395. The van der Waals surface area contributed by atoms with Gasteiger partial charge in [-0.1, -0.05) is 41.9 Å². The van der Waals surface area contributed by atoms with Crippen LogP contribution in [0.1, 0.15) is 17.2 Å². The zero-order chi connectivity index (χ0) is 20.5. The van der Waals surface area contributed by atoms with Crippen LogP contribution < -0.4 is 14.9 Å². The Morgan fingerprint density at radius 3 is 2.61 bits per heavy atom. The van der Waals surface area contributed by atoms with Gasteiger partial charge in [0.2, 0.25) is 0 Å². The van der Waals surface area contributed by atoms with Crippen LogP contribution in [0.25, 0.3) is 0 Å². The molecule has 0 radical (unpaired) electrons. The van der Waals surface area contributed by atoms with E-state index in [1.807, 2.05) is 0 Å². The molecular weight excluding hydrogens is 388 g/mol. The second-order valence-corrected chi connectivity index (χ2v) is 5.85. The molecule has 28 heavy (non-hydrogen) atoms. The van der Waals surface area contributed by atoms with Crippen molar-refractivity contribution in [2.45, 2.75) is 6.10 Å². The molecule has 0 heterocycles. The van der Waals surface area contributed by atoms with Crippen molar-refractivity contribution in [3.8, 4) is 11.5 Å². The summed E-state index contributed by atoms with van der Waals surface area (Å²) in [5.41, 5.74) is 3.21. The van der Waals surface area contributed by atoms with Gasteiger partial charge in [-0.2, -0.15) is 5.10 Å². The number of halogens is 1. The number of esters is 1. The maximum atomic E-state index is 12.0. The number of nitrogens with one attached hydrogen (secondary N) is 1. The molecular formula is C19H19ClN2O6. The number of methoxy groups -OCH3 is 2. The molecule has 0 saturated heterocycles. The maximum absolute atomic E-state index is 12.0. The van der Waals surface area contributed by atoms with Crippen LogP contribution in [0.4, 0.5) is 0 Å². The molecule has 9 heteroatoms. The SMILES string of the molecule is COC(=O)COc1c(Cl)cc(/C=N\NC(=O)[C@H](O)c2ccccc2)cc1OC. The Kier molecular flexibility index (Phi) is 7.79. The molecule has 0 aliphatic heterocycles. The number of hydrogen-bond acceptors (Lipinski definition) is 7. The number of aliphatic hydroxyl groups excluding tert-OH is 1. The first-order chi connectivity index (χ1) is 13.5. The Balaban J connectivity index is 2.06. The second-order valence-electron chi connectivity index (χ2n) is 5.45. The standard InChI is InChI=1S/C19H19ClN2O6/c1-26-15-9-12(8-14(20)18(15)28-11-16(23)27-2)10-21-22-19(25)17(24)13-6-4-3-5-7-13/h3-10,17,24H,11H2,1-2H3,(H,22,25)/b21-10-/t17-/m1/s1. The van der Waals surface area contributed by atoms with Gasteiger partial charge >= 0.3 is 5.97 Å². The van der Waals surface area contributed by atoms with Crippen molar-refractivity contribution in [1.29, 1.82) is 0 Å². The van der Waals surface area contributed by atoms with Gasteiger partial charge in [-0.25, -0.2) is 10.2 Å². The van der Waals surface area contributed by atoms with Gasteiger partial charge in [0.25, 0.3) is 5.91 Å². The van der Waals surface area contributed by atoms with Crippen molar-refractivity contribution < 1.29 is 28.9 Å². The average Bonchev–Trinajstić information content (AvgIpc) is 2.72. The van der Waals surface area contributed by atoms with Crippen molar-refractivity contribution in [1.82, 2.24) is 5.43 Å². The van der Waals surface area contributed by atoms with E-state index in [-0.39, 0.29) is 23.1 Å². The summed E-state index contributed by atoms with van der Waals surface area (Å²) in [6.45, 7) is -0.326. The molecule has 1 amide bonds. The molecule has 0 aliphatic carbocycles. The van der Waals surface area contributed by atoms with Crippen LogP contribution in [0.15, 0.2) is 47.6 Å². The van der Waals surface area contributed by atoms with Gasteiger partial charge < -0.3 is 19.3 Å². The summed E-state index contributed by atoms with van der Waals surface area (Å²) in [7, 11) is 2.66. The first kappa shape index (κ1) is 21.2. The number of carbonyl (C=O) groups excluding carboxylic acids is 2. The lowest BCUT2D eigenvalue weighted by Crippen LogP contribution is -2.25. The van der Waals surface area contributed by atoms with Gasteiger partial charge in [0.05, 0.1) is 25.5 Å². The van der Waals surface area contributed by atoms with Gasteiger partial charge in [-0.05, 0) is 23.3 Å². The van der Waals surface area contributed by atoms with Gasteiger partial charge in [-0.15, -0.1) is 0 Å². The van der Waals surface area contributed by atoms with Crippen molar-refractivity contribution in [2.24, 2.45) is 5.10 Å². The molecule has 0 aliphatic rings. The number of carbonyl (C=O) groups is 2. The van der Waals surface area contributed by atoms with Crippen LogP contribution in [0.5, 0.6) is 11.5 Å². The molecule has 0 aromatic heterocycles. The Morgan fingerprint density at radius 1 is 1.25 bits per heavy atom. The number of nitrogens with zero attached hydrogens (tertiary/aromatic N) is 1. The lowest BCUT2D eigenvalue weighted by Gasteiger charge is -2.12. The zero-order valence-corrected chi connectivity index (χ0v) is 16.0. The van der Waals surface area contributed by atoms with Crippen LogP contribution in [-0.4, -0.2) is 44.0 Å². The van der Waals surface area contributed by atoms with E-state index in [4.69, 9.17) is 21.1 Å². The molecule has 2 aromatic rings. The summed E-state index contributed by atoms with van der Waals surface area (Å²) in [6, 6.07) is 11.5. The fourth-order valence-corrected chi connectivity index (χ4v) is 2.44. The molecule has 2 aromatic carbocycles. The first-order valence-electron chi connectivity index (χ1n) is 8.09. The summed E-state index contributed by atoms with van der Waals surface area (Å²) < 4.78 is 15.0. The molecule has 8 nitrogen and oxygen atoms in total. The van der Waals surface area contributed by atoms with E-state index in [2.05, 4.69) is 15.3 Å².